The summed E-state index contributed by atoms with van der Waals surface area (Å²) in [6.07, 6.45) is 3.70. The fourth-order valence-corrected chi connectivity index (χ4v) is 4.98. The topological polar surface area (TPSA) is 150 Å². The van der Waals surface area contributed by atoms with Gasteiger partial charge in [0.2, 0.25) is 5.91 Å². The Bertz CT molecular complexity index is 901. The number of nitrogens with zero attached hydrogens (tertiary/aromatic N) is 1. The number of amides is 2. The maximum atomic E-state index is 12.7. The molecule has 0 radical (unpaired) electrons. The fourth-order valence-electron chi connectivity index (χ4n) is 4.98. The standard InChI is InChI=1S/C28H45N5O6/c1-18(2)26(30)27(34)32-21(9-6-12-31-24-16-23(29)39-24)22-15-25(38-22)37-20-10-13-33(14-11-20)28(35)36-17-19-7-4-3-5-8-19/h3-5,7-8,18,20-26,31H,6,9-17,29-30H2,1-2H3,(H,32,34)/t21-,22?,23?,24?,25?,26-/m0/s1. The van der Waals surface area contributed by atoms with Crippen LogP contribution in [0.3, 0.4) is 0 Å². The summed E-state index contributed by atoms with van der Waals surface area (Å²) in [5, 5.41) is 6.43. The second-order valence-corrected chi connectivity index (χ2v) is 11.1. The molecule has 4 rings (SSSR count). The lowest BCUT2D eigenvalue weighted by molar-refractivity contribution is -0.283. The molecule has 2 amide bonds. The molecule has 6 atom stereocenters. The van der Waals surface area contributed by atoms with Gasteiger partial charge in [-0.05, 0) is 43.7 Å². The number of ether oxygens (including phenoxy) is 4. The number of rotatable bonds is 13. The number of carbonyl (C=O) groups is 2. The minimum Gasteiger partial charge on any atom is -0.445 e. The van der Waals surface area contributed by atoms with Crippen LogP contribution in [-0.4, -0.2) is 79.6 Å². The van der Waals surface area contributed by atoms with Gasteiger partial charge in [-0.15, -0.1) is 0 Å². The van der Waals surface area contributed by atoms with Gasteiger partial charge < -0.3 is 40.6 Å². The number of benzene rings is 1. The lowest BCUT2D eigenvalue weighted by Gasteiger charge is -2.43. The van der Waals surface area contributed by atoms with Gasteiger partial charge in [0.05, 0.1) is 24.3 Å². The maximum absolute atomic E-state index is 12.7. The van der Waals surface area contributed by atoms with Crippen molar-refractivity contribution in [2.24, 2.45) is 17.4 Å². The summed E-state index contributed by atoms with van der Waals surface area (Å²) in [5.41, 5.74) is 12.7. The SMILES string of the molecule is CC(C)[C@H](N)C(=O)N[C@@H](CCCNC1CC(N)O1)C1CC(OC2CCN(C(=O)OCc3ccccc3)CC2)O1. The molecule has 3 saturated heterocycles. The summed E-state index contributed by atoms with van der Waals surface area (Å²) in [7, 11) is 0. The predicted molar refractivity (Wildman–Crippen MR) is 145 cm³/mol. The largest absolute Gasteiger partial charge is 0.445 e. The molecule has 11 nitrogen and oxygen atoms in total. The number of likely N-dealkylation sites (tertiary alicyclic amines) is 1. The van der Waals surface area contributed by atoms with Crippen molar-refractivity contribution in [1.82, 2.24) is 15.5 Å². The van der Waals surface area contributed by atoms with Crippen LogP contribution in [0.1, 0.15) is 57.9 Å². The van der Waals surface area contributed by atoms with Crippen LogP contribution in [0.25, 0.3) is 0 Å². The van der Waals surface area contributed by atoms with E-state index in [9.17, 15) is 9.59 Å². The first-order chi connectivity index (χ1) is 18.8. The van der Waals surface area contributed by atoms with E-state index in [2.05, 4.69) is 10.6 Å². The third-order valence-electron chi connectivity index (χ3n) is 7.65. The number of nitrogens with two attached hydrogens (primary N) is 2. The van der Waals surface area contributed by atoms with Crippen LogP contribution < -0.4 is 22.1 Å². The van der Waals surface area contributed by atoms with Crippen molar-refractivity contribution in [3.8, 4) is 0 Å². The molecule has 0 aliphatic carbocycles. The van der Waals surface area contributed by atoms with Crippen LogP contribution in [0.4, 0.5) is 4.79 Å². The molecule has 6 N–H and O–H groups in total. The summed E-state index contributed by atoms with van der Waals surface area (Å²) in [6, 6.07) is 8.95. The van der Waals surface area contributed by atoms with Gasteiger partial charge in [0.1, 0.15) is 19.1 Å². The van der Waals surface area contributed by atoms with E-state index >= 15 is 0 Å². The smallest absolute Gasteiger partial charge is 0.410 e. The lowest BCUT2D eigenvalue weighted by Crippen LogP contribution is -2.57. The van der Waals surface area contributed by atoms with Gasteiger partial charge in [0, 0.05) is 25.9 Å². The number of nitrogens with one attached hydrogen (secondary N) is 2. The van der Waals surface area contributed by atoms with Gasteiger partial charge in [-0.3, -0.25) is 10.1 Å². The predicted octanol–water partition coefficient (Wildman–Crippen LogP) is 1.79. The molecule has 11 heteroatoms. The Morgan fingerprint density at radius 3 is 2.46 bits per heavy atom. The van der Waals surface area contributed by atoms with E-state index in [0.29, 0.717) is 19.5 Å². The van der Waals surface area contributed by atoms with Gasteiger partial charge in [-0.25, -0.2) is 4.79 Å². The van der Waals surface area contributed by atoms with Gasteiger partial charge in [-0.1, -0.05) is 44.2 Å². The maximum Gasteiger partial charge on any atom is 0.410 e. The van der Waals surface area contributed by atoms with E-state index in [-0.39, 0.29) is 61.5 Å². The van der Waals surface area contributed by atoms with Gasteiger partial charge in [0.15, 0.2) is 6.29 Å². The highest BCUT2D eigenvalue weighted by Crippen LogP contribution is 2.30. The summed E-state index contributed by atoms with van der Waals surface area (Å²) in [4.78, 5) is 26.8. The molecule has 3 aliphatic rings. The Kier molecular flexibility index (Phi) is 11.0. The van der Waals surface area contributed by atoms with Crippen molar-refractivity contribution in [2.45, 2.75) is 102 Å². The lowest BCUT2D eigenvalue weighted by atomic mass is 9.96. The molecule has 1 aromatic carbocycles. The minimum atomic E-state index is -0.563. The van der Waals surface area contributed by atoms with Crippen LogP contribution in [0, 0.1) is 5.92 Å². The second-order valence-electron chi connectivity index (χ2n) is 11.1. The van der Waals surface area contributed by atoms with E-state index in [1.54, 1.807) is 4.90 Å². The fraction of sp³-hybridized carbons (Fsp3) is 0.714. The minimum absolute atomic E-state index is 0.0114. The molecule has 3 heterocycles. The van der Waals surface area contributed by atoms with Crippen LogP contribution in [0.5, 0.6) is 0 Å². The Morgan fingerprint density at radius 2 is 1.82 bits per heavy atom. The first-order valence-corrected chi connectivity index (χ1v) is 14.3. The summed E-state index contributed by atoms with van der Waals surface area (Å²) in [5.74, 6) is -0.108. The highest BCUT2D eigenvalue weighted by Gasteiger charge is 2.40. The van der Waals surface area contributed by atoms with Crippen molar-refractivity contribution in [3.63, 3.8) is 0 Å². The third-order valence-corrected chi connectivity index (χ3v) is 7.65. The molecule has 218 valence electrons. The molecule has 0 spiro atoms. The zero-order chi connectivity index (χ0) is 27.8. The Labute approximate surface area is 231 Å². The zero-order valence-corrected chi connectivity index (χ0v) is 23.1. The van der Waals surface area contributed by atoms with Crippen molar-refractivity contribution in [3.05, 3.63) is 35.9 Å². The van der Waals surface area contributed by atoms with Crippen LogP contribution >= 0.6 is 0 Å². The van der Waals surface area contributed by atoms with Crippen LogP contribution in [-0.2, 0) is 30.3 Å². The molecule has 3 fully saturated rings. The first kappa shape index (κ1) is 29.7. The van der Waals surface area contributed by atoms with E-state index in [1.807, 2.05) is 44.2 Å². The second kappa shape index (κ2) is 14.4. The molecule has 0 saturated carbocycles. The summed E-state index contributed by atoms with van der Waals surface area (Å²) in [6.45, 7) is 6.07. The quantitative estimate of drug-likeness (QED) is 0.271. The number of hydrogen-bond acceptors (Lipinski definition) is 9. The molecule has 4 unspecified atom stereocenters. The molecular weight excluding hydrogens is 502 g/mol. The third kappa shape index (κ3) is 8.86. The molecule has 1 aromatic rings. The van der Waals surface area contributed by atoms with Crippen molar-refractivity contribution >= 4 is 12.0 Å². The van der Waals surface area contributed by atoms with E-state index in [1.165, 1.54) is 0 Å². The number of piperidine rings is 1. The van der Waals surface area contributed by atoms with Crippen molar-refractivity contribution in [2.75, 3.05) is 19.6 Å². The van der Waals surface area contributed by atoms with E-state index < -0.39 is 6.04 Å². The number of hydrogen-bond donors (Lipinski definition) is 4. The highest BCUT2D eigenvalue weighted by atomic mass is 16.7. The molecule has 3 aliphatic heterocycles. The van der Waals surface area contributed by atoms with E-state index in [4.69, 9.17) is 30.4 Å². The Morgan fingerprint density at radius 1 is 1.13 bits per heavy atom. The normalized spacial score (nSPS) is 26.8. The van der Waals surface area contributed by atoms with Gasteiger partial charge in [0.25, 0.3) is 0 Å². The van der Waals surface area contributed by atoms with Gasteiger partial charge in [-0.2, -0.15) is 0 Å². The van der Waals surface area contributed by atoms with Crippen LogP contribution in [0.15, 0.2) is 30.3 Å². The van der Waals surface area contributed by atoms with Crippen molar-refractivity contribution < 1.29 is 28.5 Å². The average molecular weight is 548 g/mol. The average Bonchev–Trinajstić information content (AvgIpc) is 2.90. The first-order valence-electron chi connectivity index (χ1n) is 14.3. The molecule has 0 bridgehead atoms. The number of carbonyl (C=O) groups excluding carboxylic acids is 2. The Hall–Kier alpha value is -2.28. The summed E-state index contributed by atoms with van der Waals surface area (Å²) >= 11 is 0. The molecular formula is C28H45N5O6. The van der Waals surface area contributed by atoms with Crippen molar-refractivity contribution in [1.29, 1.82) is 0 Å². The van der Waals surface area contributed by atoms with Crippen LogP contribution in [0.2, 0.25) is 0 Å². The Balaban J connectivity index is 1.15. The van der Waals surface area contributed by atoms with Gasteiger partial charge >= 0.3 is 6.09 Å². The highest BCUT2D eigenvalue weighted by molar-refractivity contribution is 5.82. The summed E-state index contributed by atoms with van der Waals surface area (Å²) < 4.78 is 23.1. The monoisotopic (exact) mass is 547 g/mol. The molecule has 0 aromatic heterocycles. The van der Waals surface area contributed by atoms with E-state index in [0.717, 1.165) is 44.2 Å². The zero-order valence-electron chi connectivity index (χ0n) is 23.1. The molecule has 39 heavy (non-hydrogen) atoms.